The van der Waals surface area contributed by atoms with Crippen LogP contribution in [0, 0.1) is 0 Å². The monoisotopic (exact) mass is 323 g/mol. The Morgan fingerprint density at radius 3 is 2.67 bits per heavy atom. The molecular weight excluding hydrogens is 306 g/mol. The lowest BCUT2D eigenvalue weighted by molar-refractivity contribution is 0.0733. The minimum Gasteiger partial charge on any atom is -0.423 e. The summed E-state index contributed by atoms with van der Waals surface area (Å²) in [7, 11) is 0. The molecule has 2 aromatic carbocycles. The first-order chi connectivity index (χ1) is 11.7. The second kappa shape index (κ2) is 6.09. The molecule has 1 fully saturated rings. The van der Waals surface area contributed by atoms with Crippen LogP contribution in [-0.2, 0) is 18.0 Å². The van der Waals surface area contributed by atoms with Crippen molar-refractivity contribution in [1.82, 2.24) is 5.32 Å². The first-order valence-corrected chi connectivity index (χ1v) is 8.02. The van der Waals surface area contributed by atoms with Crippen LogP contribution in [0.2, 0.25) is 0 Å². The fourth-order valence-corrected chi connectivity index (χ4v) is 2.66. The number of rotatable bonds is 4. The molecule has 0 unspecified atom stereocenters. The van der Waals surface area contributed by atoms with Crippen molar-refractivity contribution in [3.8, 4) is 5.75 Å². The number of hydrogen-bond donors (Lipinski definition) is 1. The molecule has 1 amide bonds. The van der Waals surface area contributed by atoms with Crippen molar-refractivity contribution in [3.05, 3.63) is 64.7 Å². The zero-order valence-electron chi connectivity index (χ0n) is 13.1. The molecule has 0 atom stereocenters. The van der Waals surface area contributed by atoms with Crippen LogP contribution in [0.1, 0.15) is 44.7 Å². The molecule has 2 aromatic rings. The van der Waals surface area contributed by atoms with Crippen LogP contribution < -0.4 is 10.1 Å². The summed E-state index contributed by atoms with van der Waals surface area (Å²) in [5.74, 6) is -0.213. The molecule has 1 saturated carbocycles. The van der Waals surface area contributed by atoms with Gasteiger partial charge in [-0.15, -0.1) is 0 Å². The molecule has 5 heteroatoms. The van der Waals surface area contributed by atoms with Gasteiger partial charge in [0.05, 0.1) is 18.8 Å². The first kappa shape index (κ1) is 14.9. The molecule has 5 nitrogen and oxygen atoms in total. The predicted molar refractivity (Wildman–Crippen MR) is 86.8 cm³/mol. The molecule has 1 N–H and O–H groups in total. The Balaban J connectivity index is 1.48. The molecule has 0 spiro atoms. The zero-order chi connectivity index (χ0) is 16.5. The van der Waals surface area contributed by atoms with Crippen LogP contribution in [0.3, 0.4) is 0 Å². The van der Waals surface area contributed by atoms with Gasteiger partial charge in [-0.1, -0.05) is 12.1 Å². The van der Waals surface area contributed by atoms with Crippen molar-refractivity contribution < 1.29 is 19.1 Å². The predicted octanol–water partition coefficient (Wildman–Crippen LogP) is 2.83. The summed E-state index contributed by atoms with van der Waals surface area (Å²) in [6.45, 7) is 1.11. The smallest absolute Gasteiger partial charge is 0.343 e. The second-order valence-corrected chi connectivity index (χ2v) is 6.14. The lowest BCUT2D eigenvalue weighted by Crippen LogP contribution is -2.25. The van der Waals surface area contributed by atoms with Gasteiger partial charge in [0, 0.05) is 11.6 Å². The highest BCUT2D eigenvalue weighted by molar-refractivity contribution is 5.95. The Labute approximate surface area is 139 Å². The van der Waals surface area contributed by atoms with E-state index in [9.17, 15) is 9.59 Å². The average molecular weight is 323 g/mol. The summed E-state index contributed by atoms with van der Waals surface area (Å²) in [5, 5.41) is 2.92. The van der Waals surface area contributed by atoms with E-state index in [0.717, 1.165) is 24.0 Å². The van der Waals surface area contributed by atoms with E-state index < -0.39 is 5.97 Å². The van der Waals surface area contributed by atoms with Crippen molar-refractivity contribution in [2.45, 2.75) is 32.1 Å². The van der Waals surface area contributed by atoms with Crippen molar-refractivity contribution in [2.75, 3.05) is 0 Å². The van der Waals surface area contributed by atoms with E-state index in [0.29, 0.717) is 30.1 Å². The van der Waals surface area contributed by atoms with Crippen molar-refractivity contribution >= 4 is 11.9 Å². The lowest BCUT2D eigenvalue weighted by Gasteiger charge is -2.08. The SMILES string of the molecule is O=C(NC1CC1)c1cccc(OC(=O)c2ccc3c(c2)COC3)c1. The van der Waals surface area contributed by atoms with E-state index in [1.54, 1.807) is 36.4 Å². The van der Waals surface area contributed by atoms with Crippen molar-refractivity contribution in [2.24, 2.45) is 0 Å². The van der Waals surface area contributed by atoms with Crippen LogP contribution in [0.15, 0.2) is 42.5 Å². The molecule has 0 bridgehead atoms. The van der Waals surface area contributed by atoms with Crippen LogP contribution >= 0.6 is 0 Å². The van der Waals surface area contributed by atoms with E-state index in [4.69, 9.17) is 9.47 Å². The summed E-state index contributed by atoms with van der Waals surface area (Å²) in [4.78, 5) is 24.4. The number of nitrogens with one attached hydrogen (secondary N) is 1. The summed E-state index contributed by atoms with van der Waals surface area (Å²) < 4.78 is 10.8. The molecular formula is C19H17NO4. The normalized spacial score (nSPS) is 15.7. The van der Waals surface area contributed by atoms with Gasteiger partial charge in [-0.25, -0.2) is 4.79 Å². The lowest BCUT2D eigenvalue weighted by atomic mass is 10.1. The Kier molecular flexibility index (Phi) is 3.78. The Morgan fingerprint density at radius 1 is 1.00 bits per heavy atom. The zero-order valence-corrected chi connectivity index (χ0v) is 13.1. The van der Waals surface area contributed by atoms with E-state index in [1.165, 1.54) is 0 Å². The summed E-state index contributed by atoms with van der Waals surface area (Å²) in [6.07, 6.45) is 2.06. The number of carbonyl (C=O) groups excluding carboxylic acids is 2. The van der Waals surface area contributed by atoms with Gasteiger partial charge in [-0.3, -0.25) is 4.79 Å². The van der Waals surface area contributed by atoms with Gasteiger partial charge in [0.15, 0.2) is 0 Å². The van der Waals surface area contributed by atoms with Crippen LogP contribution in [0.4, 0.5) is 0 Å². The van der Waals surface area contributed by atoms with E-state index >= 15 is 0 Å². The third-order valence-corrected chi connectivity index (χ3v) is 4.18. The molecule has 2 aliphatic rings. The van der Waals surface area contributed by atoms with E-state index in [2.05, 4.69) is 5.32 Å². The number of hydrogen-bond acceptors (Lipinski definition) is 4. The highest BCUT2D eigenvalue weighted by Crippen LogP contribution is 2.23. The van der Waals surface area contributed by atoms with Gasteiger partial charge in [0.25, 0.3) is 5.91 Å². The van der Waals surface area contributed by atoms with E-state index in [1.807, 2.05) is 6.07 Å². The van der Waals surface area contributed by atoms with Gasteiger partial charge < -0.3 is 14.8 Å². The summed E-state index contributed by atoms with van der Waals surface area (Å²) in [6, 6.07) is 12.4. The highest BCUT2D eigenvalue weighted by Gasteiger charge is 2.24. The van der Waals surface area contributed by atoms with Gasteiger partial charge >= 0.3 is 5.97 Å². The third-order valence-electron chi connectivity index (χ3n) is 4.18. The Hall–Kier alpha value is -2.66. The maximum atomic E-state index is 12.3. The van der Waals surface area contributed by atoms with Gasteiger partial charge in [0.1, 0.15) is 5.75 Å². The van der Waals surface area contributed by atoms with Crippen molar-refractivity contribution in [1.29, 1.82) is 0 Å². The van der Waals surface area contributed by atoms with Crippen LogP contribution in [-0.4, -0.2) is 17.9 Å². The fourth-order valence-electron chi connectivity index (χ4n) is 2.66. The standard InChI is InChI=1S/C19H17NO4/c21-18(20-16-6-7-16)12-2-1-3-17(9-12)24-19(22)13-4-5-14-10-23-11-15(14)8-13/h1-5,8-9,16H,6-7,10-11H2,(H,20,21). The summed E-state index contributed by atoms with van der Waals surface area (Å²) in [5.41, 5.74) is 3.09. The second-order valence-electron chi connectivity index (χ2n) is 6.14. The van der Waals surface area contributed by atoms with Crippen molar-refractivity contribution in [3.63, 3.8) is 0 Å². The molecule has 0 aromatic heterocycles. The molecule has 1 heterocycles. The summed E-state index contributed by atoms with van der Waals surface area (Å²) >= 11 is 0. The average Bonchev–Trinajstić information content (AvgIpc) is 3.28. The Morgan fingerprint density at radius 2 is 1.83 bits per heavy atom. The molecule has 4 rings (SSSR count). The quantitative estimate of drug-likeness (QED) is 0.694. The van der Waals surface area contributed by atoms with Gasteiger partial charge in [0.2, 0.25) is 0 Å². The van der Waals surface area contributed by atoms with Gasteiger partial charge in [-0.05, 0) is 54.3 Å². The Bertz CT molecular complexity index is 811. The highest BCUT2D eigenvalue weighted by atomic mass is 16.5. The first-order valence-electron chi connectivity index (χ1n) is 8.02. The number of benzene rings is 2. The minimum absolute atomic E-state index is 0.134. The maximum Gasteiger partial charge on any atom is 0.343 e. The molecule has 1 aliphatic heterocycles. The number of esters is 1. The molecule has 1 aliphatic carbocycles. The number of amides is 1. The number of ether oxygens (including phenoxy) is 2. The van der Waals surface area contributed by atoms with E-state index in [-0.39, 0.29) is 11.9 Å². The fraction of sp³-hybridized carbons (Fsp3) is 0.263. The third kappa shape index (κ3) is 3.16. The molecule has 0 radical (unpaired) electrons. The molecule has 24 heavy (non-hydrogen) atoms. The minimum atomic E-state index is -0.440. The topological polar surface area (TPSA) is 64.6 Å². The molecule has 0 saturated heterocycles. The van der Waals surface area contributed by atoms with Gasteiger partial charge in [-0.2, -0.15) is 0 Å². The maximum absolute atomic E-state index is 12.3. The number of carbonyl (C=O) groups is 2. The number of fused-ring (bicyclic) bond motifs is 1. The van der Waals surface area contributed by atoms with Crippen LogP contribution in [0.25, 0.3) is 0 Å². The molecule has 122 valence electrons. The van der Waals surface area contributed by atoms with Crippen LogP contribution in [0.5, 0.6) is 5.75 Å². The largest absolute Gasteiger partial charge is 0.423 e.